The van der Waals surface area contributed by atoms with Crippen molar-refractivity contribution in [2.75, 3.05) is 6.54 Å². The van der Waals surface area contributed by atoms with Gasteiger partial charge in [0, 0.05) is 36.6 Å². The van der Waals surface area contributed by atoms with Gasteiger partial charge in [-0.25, -0.2) is 0 Å². The first-order valence-electron chi connectivity index (χ1n) is 7.09. The summed E-state index contributed by atoms with van der Waals surface area (Å²) in [5.41, 5.74) is 0.915. The average Bonchev–Trinajstić information content (AvgIpc) is 2.95. The molecule has 1 N–H and O–H groups in total. The van der Waals surface area contributed by atoms with Crippen molar-refractivity contribution in [3.63, 3.8) is 0 Å². The fourth-order valence-corrected chi connectivity index (χ4v) is 3.59. The van der Waals surface area contributed by atoms with Gasteiger partial charge < -0.3 is 14.6 Å². The zero-order valence-electron chi connectivity index (χ0n) is 12.2. The summed E-state index contributed by atoms with van der Waals surface area (Å²) in [6.07, 6.45) is 1.46. The molecule has 2 atom stereocenters. The highest BCUT2D eigenvalue weighted by Gasteiger charge is 2.37. The SMILES string of the molecule is Cc1csc(=O)n1CCCC(=O)N1CCC(C(=O)O)C1C. The normalized spacial score (nSPS) is 21.7. The van der Waals surface area contributed by atoms with Crippen molar-refractivity contribution in [1.82, 2.24) is 9.47 Å². The molecule has 2 heterocycles. The number of likely N-dealkylation sites (tertiary alicyclic amines) is 1. The number of aliphatic carboxylic acids is 1. The number of thiazole rings is 1. The molecule has 1 aromatic heterocycles. The third-order valence-corrected chi connectivity index (χ3v) is 5.02. The molecule has 0 saturated carbocycles. The number of aromatic nitrogens is 1. The molecule has 21 heavy (non-hydrogen) atoms. The zero-order valence-corrected chi connectivity index (χ0v) is 13.1. The van der Waals surface area contributed by atoms with E-state index >= 15 is 0 Å². The summed E-state index contributed by atoms with van der Waals surface area (Å²) in [6.45, 7) is 4.70. The lowest BCUT2D eigenvalue weighted by molar-refractivity contribution is -0.143. The molecular formula is C14H20N2O4S. The first-order valence-corrected chi connectivity index (χ1v) is 7.97. The van der Waals surface area contributed by atoms with Gasteiger partial charge in [0.1, 0.15) is 0 Å². The molecule has 0 bridgehead atoms. The number of carboxylic acids is 1. The van der Waals surface area contributed by atoms with Gasteiger partial charge in [0.25, 0.3) is 0 Å². The summed E-state index contributed by atoms with van der Waals surface area (Å²) >= 11 is 1.17. The van der Waals surface area contributed by atoms with Crippen LogP contribution < -0.4 is 4.87 Å². The van der Waals surface area contributed by atoms with Crippen LogP contribution in [-0.2, 0) is 16.1 Å². The smallest absolute Gasteiger partial charge is 0.308 e. The molecule has 116 valence electrons. The summed E-state index contributed by atoms with van der Waals surface area (Å²) in [4.78, 5) is 36.4. The highest BCUT2D eigenvalue weighted by molar-refractivity contribution is 7.07. The van der Waals surface area contributed by atoms with Crippen molar-refractivity contribution in [1.29, 1.82) is 0 Å². The van der Waals surface area contributed by atoms with Crippen molar-refractivity contribution in [2.24, 2.45) is 5.92 Å². The number of carboxylic acid groups (broad SMARTS) is 1. The average molecular weight is 312 g/mol. The molecule has 0 aliphatic carbocycles. The maximum atomic E-state index is 12.2. The van der Waals surface area contributed by atoms with Crippen LogP contribution in [0.1, 0.15) is 31.9 Å². The number of carbonyl (C=O) groups excluding carboxylic acids is 1. The Morgan fingerprint density at radius 1 is 1.48 bits per heavy atom. The quantitative estimate of drug-likeness (QED) is 0.889. The molecule has 1 aliphatic rings. The predicted octanol–water partition coefficient (Wildman–Crippen LogP) is 1.32. The van der Waals surface area contributed by atoms with Crippen molar-refractivity contribution in [3.05, 3.63) is 20.7 Å². The second-order valence-corrected chi connectivity index (χ2v) is 6.28. The Morgan fingerprint density at radius 3 is 2.71 bits per heavy atom. The second-order valence-electron chi connectivity index (χ2n) is 5.46. The number of rotatable bonds is 5. The van der Waals surface area contributed by atoms with E-state index in [-0.39, 0.29) is 16.8 Å². The molecule has 1 amide bonds. The van der Waals surface area contributed by atoms with Gasteiger partial charge in [-0.1, -0.05) is 11.3 Å². The Hall–Kier alpha value is -1.63. The van der Waals surface area contributed by atoms with Crippen molar-refractivity contribution in [3.8, 4) is 0 Å². The van der Waals surface area contributed by atoms with E-state index in [4.69, 9.17) is 5.11 Å². The molecule has 7 heteroatoms. The maximum absolute atomic E-state index is 12.2. The van der Waals surface area contributed by atoms with Crippen molar-refractivity contribution in [2.45, 2.75) is 45.7 Å². The van der Waals surface area contributed by atoms with Gasteiger partial charge in [-0.3, -0.25) is 14.4 Å². The molecule has 2 rings (SSSR count). The fraction of sp³-hybridized carbons (Fsp3) is 0.643. The van der Waals surface area contributed by atoms with E-state index in [1.165, 1.54) is 11.3 Å². The van der Waals surface area contributed by atoms with Crippen LogP contribution >= 0.6 is 11.3 Å². The number of nitrogens with zero attached hydrogens (tertiary/aromatic N) is 2. The first-order chi connectivity index (χ1) is 9.91. The lowest BCUT2D eigenvalue weighted by atomic mass is 10.0. The lowest BCUT2D eigenvalue weighted by Crippen LogP contribution is -2.37. The minimum atomic E-state index is -0.835. The Balaban J connectivity index is 1.86. The standard InChI is InChI=1S/C14H20N2O4S/c1-9-8-21-14(20)15(9)6-3-4-12(17)16-7-5-11(10(16)2)13(18)19/h8,10-11H,3-7H2,1-2H3,(H,18,19). The first kappa shape index (κ1) is 15.8. The maximum Gasteiger partial charge on any atom is 0.308 e. The predicted molar refractivity (Wildman–Crippen MR) is 79.5 cm³/mol. The summed E-state index contributed by atoms with van der Waals surface area (Å²) in [5, 5.41) is 10.9. The molecule has 1 aromatic rings. The largest absolute Gasteiger partial charge is 0.481 e. The van der Waals surface area contributed by atoms with Gasteiger partial charge in [-0.05, 0) is 26.7 Å². The van der Waals surface area contributed by atoms with Gasteiger partial charge in [0.2, 0.25) is 5.91 Å². The highest BCUT2D eigenvalue weighted by Crippen LogP contribution is 2.25. The van der Waals surface area contributed by atoms with Crippen LogP contribution in [0.25, 0.3) is 0 Å². The number of carbonyl (C=O) groups is 2. The van der Waals surface area contributed by atoms with Crippen molar-refractivity contribution >= 4 is 23.2 Å². The lowest BCUT2D eigenvalue weighted by Gasteiger charge is -2.23. The molecule has 6 nitrogen and oxygen atoms in total. The van der Waals surface area contributed by atoms with E-state index in [0.29, 0.717) is 32.4 Å². The van der Waals surface area contributed by atoms with Crippen LogP contribution in [0.2, 0.25) is 0 Å². The molecule has 1 aliphatic heterocycles. The number of amides is 1. The number of aryl methyl sites for hydroxylation is 1. The van der Waals surface area contributed by atoms with Crippen LogP contribution in [-0.4, -0.2) is 39.0 Å². The van der Waals surface area contributed by atoms with E-state index in [1.54, 1.807) is 16.4 Å². The molecule has 1 fully saturated rings. The molecule has 0 spiro atoms. The fourth-order valence-electron chi connectivity index (χ4n) is 2.83. The van der Waals surface area contributed by atoms with E-state index in [1.807, 2.05) is 12.3 Å². The van der Waals surface area contributed by atoms with Crippen LogP contribution in [0.15, 0.2) is 10.2 Å². The van der Waals surface area contributed by atoms with Gasteiger partial charge >= 0.3 is 10.8 Å². The second kappa shape index (κ2) is 6.43. The van der Waals surface area contributed by atoms with Crippen LogP contribution in [0.5, 0.6) is 0 Å². The van der Waals surface area contributed by atoms with E-state index < -0.39 is 11.9 Å². The Bertz CT molecular complexity index is 592. The Morgan fingerprint density at radius 2 is 2.19 bits per heavy atom. The topological polar surface area (TPSA) is 79.6 Å². The van der Waals surface area contributed by atoms with Gasteiger partial charge in [0.15, 0.2) is 0 Å². The summed E-state index contributed by atoms with van der Waals surface area (Å²) in [5.74, 6) is -1.32. The molecule has 1 saturated heterocycles. The van der Waals surface area contributed by atoms with Crippen LogP contribution in [0, 0.1) is 12.8 Å². The number of hydrogen-bond donors (Lipinski definition) is 1. The van der Waals surface area contributed by atoms with Crippen LogP contribution in [0.4, 0.5) is 0 Å². The molecule has 0 radical (unpaired) electrons. The van der Waals surface area contributed by atoms with Gasteiger partial charge in [-0.15, -0.1) is 0 Å². The van der Waals surface area contributed by atoms with Gasteiger partial charge in [-0.2, -0.15) is 0 Å². The van der Waals surface area contributed by atoms with Crippen LogP contribution in [0.3, 0.4) is 0 Å². The zero-order chi connectivity index (χ0) is 15.6. The molecule has 2 unspecified atom stereocenters. The van der Waals surface area contributed by atoms with Gasteiger partial charge in [0.05, 0.1) is 5.92 Å². The monoisotopic (exact) mass is 312 g/mol. The Labute approximate surface area is 127 Å². The van der Waals surface area contributed by atoms with E-state index in [0.717, 1.165) is 5.69 Å². The van der Waals surface area contributed by atoms with E-state index in [2.05, 4.69) is 0 Å². The number of hydrogen-bond acceptors (Lipinski definition) is 4. The minimum Gasteiger partial charge on any atom is -0.481 e. The minimum absolute atomic E-state index is 0.000399. The van der Waals surface area contributed by atoms with Crippen molar-refractivity contribution < 1.29 is 14.7 Å². The third-order valence-electron chi connectivity index (χ3n) is 4.14. The highest BCUT2D eigenvalue weighted by atomic mass is 32.1. The summed E-state index contributed by atoms with van der Waals surface area (Å²) in [7, 11) is 0. The third kappa shape index (κ3) is 3.34. The summed E-state index contributed by atoms with van der Waals surface area (Å²) < 4.78 is 1.67. The van der Waals surface area contributed by atoms with E-state index in [9.17, 15) is 14.4 Å². The Kier molecular flexibility index (Phi) is 4.82. The molecular weight excluding hydrogens is 292 g/mol. The summed E-state index contributed by atoms with van der Waals surface area (Å²) in [6, 6.07) is -0.249. The molecule has 0 aromatic carbocycles.